The Bertz CT molecular complexity index is 812. The van der Waals surface area contributed by atoms with E-state index in [9.17, 15) is 13.2 Å². The van der Waals surface area contributed by atoms with Gasteiger partial charge in [0.2, 0.25) is 5.76 Å². The maximum Gasteiger partial charge on any atom is 0.373 e. The van der Waals surface area contributed by atoms with E-state index in [-0.39, 0.29) is 23.0 Å². The Morgan fingerprint density at radius 3 is 2.45 bits per heavy atom. The zero-order chi connectivity index (χ0) is 16.2. The summed E-state index contributed by atoms with van der Waals surface area (Å²) in [5.41, 5.74) is 1.05. The van der Waals surface area contributed by atoms with E-state index in [1.165, 1.54) is 19.2 Å². The van der Waals surface area contributed by atoms with Crippen LogP contribution in [0.5, 0.6) is 0 Å². The molecule has 1 aromatic carbocycles. The van der Waals surface area contributed by atoms with Crippen LogP contribution in [0.4, 0.5) is 0 Å². The lowest BCUT2D eigenvalue weighted by atomic mass is 10.2. The van der Waals surface area contributed by atoms with Gasteiger partial charge in [-0.1, -0.05) is 12.1 Å². The minimum absolute atomic E-state index is 0.0360. The number of nitriles is 1. The second-order valence-corrected chi connectivity index (χ2v) is 6.66. The number of esters is 1. The van der Waals surface area contributed by atoms with Crippen LogP contribution in [0.15, 0.2) is 40.8 Å². The first kappa shape index (κ1) is 15.8. The standard InChI is InChI=1S/C15H13NO5S/c1-20-15(17)14-7-6-13(21-14)10-22(18,19)9-12-4-2-11(8-16)3-5-12/h2-7H,9-10H2,1H3. The quantitative estimate of drug-likeness (QED) is 0.782. The van der Waals surface area contributed by atoms with Gasteiger partial charge in [0.05, 0.1) is 24.5 Å². The molecule has 2 aromatic rings. The van der Waals surface area contributed by atoms with Gasteiger partial charge in [-0.3, -0.25) is 0 Å². The third kappa shape index (κ3) is 3.96. The molecule has 0 amide bonds. The van der Waals surface area contributed by atoms with Gasteiger partial charge in [0.15, 0.2) is 9.84 Å². The van der Waals surface area contributed by atoms with Crippen LogP contribution < -0.4 is 0 Å². The summed E-state index contributed by atoms with van der Waals surface area (Å²) in [7, 11) is -2.24. The normalized spacial score (nSPS) is 10.9. The van der Waals surface area contributed by atoms with Gasteiger partial charge in [-0.2, -0.15) is 5.26 Å². The maximum absolute atomic E-state index is 12.1. The van der Waals surface area contributed by atoms with Gasteiger partial charge in [-0.25, -0.2) is 13.2 Å². The fourth-order valence-corrected chi connectivity index (χ4v) is 3.25. The average molecular weight is 319 g/mol. The summed E-state index contributed by atoms with van der Waals surface area (Å²) < 4.78 is 33.9. The van der Waals surface area contributed by atoms with E-state index in [2.05, 4.69) is 4.74 Å². The second kappa shape index (κ2) is 6.45. The minimum atomic E-state index is -3.46. The van der Waals surface area contributed by atoms with Crippen LogP contribution in [-0.4, -0.2) is 21.5 Å². The van der Waals surface area contributed by atoms with Gasteiger partial charge in [0, 0.05) is 0 Å². The number of sulfone groups is 1. The van der Waals surface area contributed by atoms with Gasteiger partial charge in [0.25, 0.3) is 0 Å². The number of benzene rings is 1. The molecular formula is C15H13NO5S. The molecule has 0 saturated heterocycles. The Labute approximate surface area is 127 Å². The molecule has 1 heterocycles. The molecule has 0 saturated carbocycles. The predicted octanol–water partition coefficient (Wildman–Crippen LogP) is 2.05. The topological polar surface area (TPSA) is 97.4 Å². The van der Waals surface area contributed by atoms with Crippen molar-refractivity contribution < 1.29 is 22.4 Å². The summed E-state index contributed by atoms with van der Waals surface area (Å²) >= 11 is 0. The average Bonchev–Trinajstić information content (AvgIpc) is 2.94. The molecule has 22 heavy (non-hydrogen) atoms. The number of hydrogen-bond donors (Lipinski definition) is 0. The number of hydrogen-bond acceptors (Lipinski definition) is 6. The van der Waals surface area contributed by atoms with Crippen LogP contribution in [0.25, 0.3) is 0 Å². The van der Waals surface area contributed by atoms with Crippen LogP contribution in [0.3, 0.4) is 0 Å². The van der Waals surface area contributed by atoms with E-state index in [4.69, 9.17) is 9.68 Å². The molecule has 7 heteroatoms. The van der Waals surface area contributed by atoms with Gasteiger partial charge < -0.3 is 9.15 Å². The number of nitrogens with zero attached hydrogens (tertiary/aromatic N) is 1. The molecule has 0 aliphatic rings. The van der Waals surface area contributed by atoms with Crippen LogP contribution in [0.1, 0.15) is 27.4 Å². The number of carbonyl (C=O) groups excluding carboxylic acids is 1. The number of methoxy groups -OCH3 is 1. The molecular weight excluding hydrogens is 306 g/mol. The Morgan fingerprint density at radius 1 is 1.18 bits per heavy atom. The Hall–Kier alpha value is -2.59. The van der Waals surface area contributed by atoms with E-state index in [1.807, 2.05) is 6.07 Å². The maximum atomic E-state index is 12.1. The summed E-state index contributed by atoms with van der Waals surface area (Å²) in [6.07, 6.45) is 0. The highest BCUT2D eigenvalue weighted by Crippen LogP contribution is 2.16. The molecule has 0 unspecified atom stereocenters. The van der Waals surface area contributed by atoms with Crippen LogP contribution >= 0.6 is 0 Å². The van der Waals surface area contributed by atoms with E-state index in [1.54, 1.807) is 24.3 Å². The minimum Gasteiger partial charge on any atom is -0.463 e. The first-order chi connectivity index (χ1) is 10.4. The van der Waals surface area contributed by atoms with E-state index < -0.39 is 15.8 Å². The smallest absolute Gasteiger partial charge is 0.373 e. The fraction of sp³-hybridized carbons (Fsp3) is 0.200. The van der Waals surface area contributed by atoms with Gasteiger partial charge in [-0.15, -0.1) is 0 Å². The van der Waals surface area contributed by atoms with Crippen molar-refractivity contribution in [1.29, 1.82) is 5.26 Å². The monoisotopic (exact) mass is 319 g/mol. The highest BCUT2D eigenvalue weighted by molar-refractivity contribution is 7.89. The van der Waals surface area contributed by atoms with E-state index in [0.29, 0.717) is 11.1 Å². The summed E-state index contributed by atoms with van der Waals surface area (Å²) in [4.78, 5) is 11.3. The van der Waals surface area contributed by atoms with E-state index >= 15 is 0 Å². The summed E-state index contributed by atoms with van der Waals surface area (Å²) in [6.45, 7) is 0. The molecule has 0 N–H and O–H groups in total. The highest BCUT2D eigenvalue weighted by Gasteiger charge is 2.18. The van der Waals surface area contributed by atoms with Crippen molar-refractivity contribution >= 4 is 15.8 Å². The molecule has 0 atom stereocenters. The largest absolute Gasteiger partial charge is 0.463 e. The number of carbonyl (C=O) groups is 1. The van der Waals surface area contributed by atoms with Crippen molar-refractivity contribution in [2.24, 2.45) is 0 Å². The molecule has 1 aromatic heterocycles. The Kier molecular flexibility index (Phi) is 4.63. The van der Waals surface area contributed by atoms with Crippen molar-refractivity contribution in [1.82, 2.24) is 0 Å². The molecule has 2 rings (SSSR count). The molecule has 0 bridgehead atoms. The fourth-order valence-electron chi connectivity index (χ4n) is 1.86. The molecule has 0 aliphatic heterocycles. The summed E-state index contributed by atoms with van der Waals surface area (Å²) in [5, 5.41) is 8.70. The molecule has 0 radical (unpaired) electrons. The molecule has 0 spiro atoms. The highest BCUT2D eigenvalue weighted by atomic mass is 32.2. The predicted molar refractivity (Wildman–Crippen MR) is 77.5 cm³/mol. The van der Waals surface area contributed by atoms with Crippen molar-refractivity contribution in [2.75, 3.05) is 7.11 Å². The second-order valence-electron chi connectivity index (χ2n) is 4.60. The van der Waals surface area contributed by atoms with Crippen LogP contribution in [0.2, 0.25) is 0 Å². The van der Waals surface area contributed by atoms with Crippen molar-refractivity contribution in [3.8, 4) is 6.07 Å². The first-order valence-electron chi connectivity index (χ1n) is 6.30. The number of furan rings is 1. The van der Waals surface area contributed by atoms with E-state index in [0.717, 1.165) is 0 Å². The van der Waals surface area contributed by atoms with Crippen molar-refractivity contribution in [3.63, 3.8) is 0 Å². The lowest BCUT2D eigenvalue weighted by Crippen LogP contribution is -2.07. The molecule has 6 nitrogen and oxygen atoms in total. The van der Waals surface area contributed by atoms with Gasteiger partial charge >= 0.3 is 5.97 Å². The lowest BCUT2D eigenvalue weighted by Gasteiger charge is -2.03. The number of rotatable bonds is 5. The lowest BCUT2D eigenvalue weighted by molar-refractivity contribution is 0.0563. The number of ether oxygens (including phenoxy) is 1. The van der Waals surface area contributed by atoms with Crippen LogP contribution in [0, 0.1) is 11.3 Å². The molecule has 0 fully saturated rings. The zero-order valence-electron chi connectivity index (χ0n) is 11.8. The third-order valence-electron chi connectivity index (χ3n) is 2.88. The van der Waals surface area contributed by atoms with Crippen LogP contribution in [-0.2, 0) is 26.1 Å². The summed E-state index contributed by atoms with van der Waals surface area (Å²) in [5.74, 6) is -1.01. The molecule has 114 valence electrons. The Balaban J connectivity index is 2.09. The van der Waals surface area contributed by atoms with Gasteiger partial charge in [0.1, 0.15) is 11.5 Å². The zero-order valence-corrected chi connectivity index (χ0v) is 12.6. The third-order valence-corrected chi connectivity index (χ3v) is 4.38. The Morgan fingerprint density at radius 2 is 1.86 bits per heavy atom. The van der Waals surface area contributed by atoms with Gasteiger partial charge in [-0.05, 0) is 29.8 Å². The van der Waals surface area contributed by atoms with Crippen molar-refractivity contribution in [2.45, 2.75) is 11.5 Å². The first-order valence-corrected chi connectivity index (χ1v) is 8.12. The molecule has 0 aliphatic carbocycles. The van der Waals surface area contributed by atoms with Crippen molar-refractivity contribution in [3.05, 3.63) is 59.0 Å². The summed E-state index contributed by atoms with van der Waals surface area (Å²) in [6, 6.07) is 11.1. The SMILES string of the molecule is COC(=O)c1ccc(CS(=O)(=O)Cc2ccc(C#N)cc2)o1.